The average molecular weight is 336 g/mol. The predicted molar refractivity (Wildman–Crippen MR) is 90.7 cm³/mol. The molecule has 0 atom stereocenters. The molecule has 1 saturated heterocycles. The number of urea groups is 1. The van der Waals surface area contributed by atoms with Crippen molar-refractivity contribution in [1.29, 1.82) is 0 Å². The molecule has 2 rings (SSSR count). The topological polar surface area (TPSA) is 69.6 Å². The van der Waals surface area contributed by atoms with Gasteiger partial charge in [0.1, 0.15) is 5.82 Å². The van der Waals surface area contributed by atoms with Crippen molar-refractivity contribution >= 4 is 17.7 Å². The molecule has 1 heterocycles. The SMILES string of the molecule is CC1(C(=O)O)CCN(C(=O)Nc2ccc(C(C)(C)C)c(F)c2)CC1. The van der Waals surface area contributed by atoms with Crippen LogP contribution in [0.15, 0.2) is 18.2 Å². The maximum Gasteiger partial charge on any atom is 0.321 e. The van der Waals surface area contributed by atoms with Crippen molar-refractivity contribution < 1.29 is 19.1 Å². The summed E-state index contributed by atoms with van der Waals surface area (Å²) in [6.07, 6.45) is 0.820. The number of hydrogen-bond donors (Lipinski definition) is 2. The van der Waals surface area contributed by atoms with Gasteiger partial charge in [-0.2, -0.15) is 0 Å². The van der Waals surface area contributed by atoms with E-state index < -0.39 is 11.4 Å². The van der Waals surface area contributed by atoms with Crippen molar-refractivity contribution in [3.8, 4) is 0 Å². The van der Waals surface area contributed by atoms with Crippen LogP contribution in [-0.2, 0) is 10.2 Å². The normalized spacial score (nSPS) is 17.5. The first kappa shape index (κ1) is 18.2. The van der Waals surface area contributed by atoms with Gasteiger partial charge < -0.3 is 15.3 Å². The number of benzene rings is 1. The number of nitrogens with zero attached hydrogens (tertiary/aromatic N) is 1. The van der Waals surface area contributed by atoms with Gasteiger partial charge in [0.25, 0.3) is 0 Å². The highest BCUT2D eigenvalue weighted by atomic mass is 19.1. The fourth-order valence-corrected chi connectivity index (χ4v) is 2.82. The first-order valence-electron chi connectivity index (χ1n) is 8.12. The third kappa shape index (κ3) is 3.86. The molecule has 6 heteroatoms. The quantitative estimate of drug-likeness (QED) is 0.862. The summed E-state index contributed by atoms with van der Waals surface area (Å²) < 4.78 is 14.2. The van der Waals surface area contributed by atoms with Gasteiger partial charge in [0.15, 0.2) is 0 Å². The molecule has 0 unspecified atom stereocenters. The molecule has 1 aromatic carbocycles. The van der Waals surface area contributed by atoms with Crippen LogP contribution < -0.4 is 5.32 Å². The van der Waals surface area contributed by atoms with Crippen LogP contribution in [0.1, 0.15) is 46.1 Å². The minimum absolute atomic E-state index is 0.305. The van der Waals surface area contributed by atoms with Crippen LogP contribution in [0.3, 0.4) is 0 Å². The zero-order valence-corrected chi connectivity index (χ0v) is 14.6. The number of aliphatic carboxylic acids is 1. The van der Waals surface area contributed by atoms with E-state index in [1.165, 1.54) is 6.07 Å². The van der Waals surface area contributed by atoms with Crippen LogP contribution in [0.25, 0.3) is 0 Å². The number of carboxylic acids is 1. The van der Waals surface area contributed by atoms with Gasteiger partial charge in [0.05, 0.1) is 5.41 Å². The number of rotatable bonds is 2. The van der Waals surface area contributed by atoms with Gasteiger partial charge in [0, 0.05) is 18.8 Å². The molecule has 24 heavy (non-hydrogen) atoms. The highest BCUT2D eigenvalue weighted by Gasteiger charge is 2.38. The van der Waals surface area contributed by atoms with E-state index in [1.807, 2.05) is 20.8 Å². The molecule has 0 saturated carbocycles. The molecule has 0 bridgehead atoms. The molecule has 0 radical (unpaired) electrons. The zero-order chi connectivity index (χ0) is 18.1. The summed E-state index contributed by atoms with van der Waals surface area (Å²) in [6.45, 7) is 8.23. The number of amides is 2. The summed E-state index contributed by atoms with van der Waals surface area (Å²) in [5, 5.41) is 11.9. The van der Waals surface area contributed by atoms with Crippen LogP contribution in [0.4, 0.5) is 14.9 Å². The molecular formula is C18H25FN2O3. The number of piperidine rings is 1. The van der Waals surface area contributed by atoms with E-state index in [9.17, 15) is 19.1 Å². The smallest absolute Gasteiger partial charge is 0.321 e. The molecule has 5 nitrogen and oxygen atoms in total. The third-order valence-electron chi connectivity index (χ3n) is 4.70. The number of carbonyl (C=O) groups excluding carboxylic acids is 1. The van der Waals surface area contributed by atoms with Crippen molar-refractivity contribution in [2.75, 3.05) is 18.4 Å². The Bertz CT molecular complexity index is 644. The number of halogens is 1. The van der Waals surface area contributed by atoms with E-state index in [0.29, 0.717) is 37.2 Å². The van der Waals surface area contributed by atoms with E-state index in [0.717, 1.165) is 0 Å². The molecule has 0 aliphatic carbocycles. The summed E-state index contributed by atoms with van der Waals surface area (Å²) in [5.74, 6) is -1.18. The molecular weight excluding hydrogens is 311 g/mol. The number of carbonyl (C=O) groups is 2. The number of nitrogens with one attached hydrogen (secondary N) is 1. The minimum atomic E-state index is -0.831. The molecule has 2 amide bonds. The second-order valence-corrected chi connectivity index (χ2v) is 7.73. The highest BCUT2D eigenvalue weighted by Crippen LogP contribution is 2.31. The molecule has 1 aromatic rings. The van der Waals surface area contributed by atoms with E-state index in [4.69, 9.17) is 0 Å². The van der Waals surface area contributed by atoms with E-state index in [-0.39, 0.29) is 17.3 Å². The number of anilines is 1. The van der Waals surface area contributed by atoms with Gasteiger partial charge in [-0.1, -0.05) is 26.8 Å². The Morgan fingerprint density at radius 3 is 2.29 bits per heavy atom. The molecule has 1 aliphatic heterocycles. The van der Waals surface area contributed by atoms with Crippen LogP contribution in [0, 0.1) is 11.2 Å². The van der Waals surface area contributed by atoms with E-state index in [2.05, 4.69) is 5.32 Å². The van der Waals surface area contributed by atoms with Gasteiger partial charge in [-0.3, -0.25) is 4.79 Å². The first-order valence-corrected chi connectivity index (χ1v) is 8.12. The van der Waals surface area contributed by atoms with Gasteiger partial charge in [-0.25, -0.2) is 9.18 Å². The van der Waals surface area contributed by atoms with Crippen LogP contribution in [0.5, 0.6) is 0 Å². The monoisotopic (exact) mass is 336 g/mol. The Morgan fingerprint density at radius 2 is 1.83 bits per heavy atom. The first-order chi connectivity index (χ1) is 11.0. The van der Waals surface area contributed by atoms with Crippen molar-refractivity contribution in [3.63, 3.8) is 0 Å². The lowest BCUT2D eigenvalue weighted by molar-refractivity contribution is -0.150. The number of hydrogen-bond acceptors (Lipinski definition) is 2. The van der Waals surface area contributed by atoms with Crippen LogP contribution in [0.2, 0.25) is 0 Å². The van der Waals surface area contributed by atoms with Crippen LogP contribution >= 0.6 is 0 Å². The van der Waals surface area contributed by atoms with Gasteiger partial charge in [0.2, 0.25) is 0 Å². The molecule has 2 N–H and O–H groups in total. The maximum absolute atomic E-state index is 14.2. The van der Waals surface area contributed by atoms with Crippen molar-refractivity contribution in [2.45, 2.75) is 46.0 Å². The second-order valence-electron chi connectivity index (χ2n) is 7.73. The fourth-order valence-electron chi connectivity index (χ4n) is 2.82. The molecule has 1 fully saturated rings. The van der Waals surface area contributed by atoms with E-state index >= 15 is 0 Å². The Hall–Kier alpha value is -2.11. The summed E-state index contributed by atoms with van der Waals surface area (Å²) in [4.78, 5) is 25.1. The third-order valence-corrected chi connectivity index (χ3v) is 4.70. The summed E-state index contributed by atoms with van der Waals surface area (Å²) in [5.41, 5.74) is -0.0920. The number of carboxylic acid groups (broad SMARTS) is 1. The van der Waals surface area contributed by atoms with Gasteiger partial charge in [-0.05, 0) is 42.9 Å². The molecule has 0 aromatic heterocycles. The Labute approximate surface area is 141 Å². The summed E-state index contributed by atoms with van der Waals surface area (Å²) in [6, 6.07) is 4.37. The molecule has 1 aliphatic rings. The summed E-state index contributed by atoms with van der Waals surface area (Å²) in [7, 11) is 0. The van der Waals surface area contributed by atoms with Crippen molar-refractivity contribution in [1.82, 2.24) is 4.90 Å². The minimum Gasteiger partial charge on any atom is -0.481 e. The zero-order valence-electron chi connectivity index (χ0n) is 14.6. The van der Waals surface area contributed by atoms with Crippen molar-refractivity contribution in [3.05, 3.63) is 29.6 Å². The average Bonchev–Trinajstić information content (AvgIpc) is 2.46. The van der Waals surface area contributed by atoms with E-state index in [1.54, 1.807) is 24.0 Å². The largest absolute Gasteiger partial charge is 0.481 e. The highest BCUT2D eigenvalue weighted by molar-refractivity contribution is 5.89. The van der Waals surface area contributed by atoms with Crippen molar-refractivity contribution in [2.24, 2.45) is 5.41 Å². The second kappa shape index (κ2) is 6.42. The lowest BCUT2D eigenvalue weighted by Crippen LogP contribution is -2.46. The standard InChI is InChI=1S/C18H25FN2O3/c1-17(2,3)13-6-5-12(11-14(13)19)20-16(24)21-9-7-18(4,8-10-21)15(22)23/h5-6,11H,7-10H2,1-4H3,(H,20,24)(H,22,23). The Morgan fingerprint density at radius 1 is 1.25 bits per heavy atom. The van der Waals surface area contributed by atoms with Gasteiger partial charge >= 0.3 is 12.0 Å². The molecule has 0 spiro atoms. The molecule has 132 valence electrons. The summed E-state index contributed by atoms with van der Waals surface area (Å²) >= 11 is 0. The maximum atomic E-state index is 14.2. The predicted octanol–water partition coefficient (Wildman–Crippen LogP) is 3.84. The fraction of sp³-hybridized carbons (Fsp3) is 0.556. The van der Waals surface area contributed by atoms with Crippen LogP contribution in [-0.4, -0.2) is 35.1 Å². The Balaban J connectivity index is 2.01. The lowest BCUT2D eigenvalue weighted by Gasteiger charge is -2.36. The lowest BCUT2D eigenvalue weighted by atomic mass is 9.80. The van der Waals surface area contributed by atoms with Gasteiger partial charge in [-0.15, -0.1) is 0 Å². The number of likely N-dealkylation sites (tertiary alicyclic amines) is 1. The Kier molecular flexibility index (Phi) is 4.87.